The van der Waals surface area contributed by atoms with Gasteiger partial charge >= 0.3 is 5.97 Å². The van der Waals surface area contributed by atoms with Crippen LogP contribution in [0.4, 0.5) is 10.1 Å². The van der Waals surface area contributed by atoms with Gasteiger partial charge in [0.15, 0.2) is 18.2 Å². The standard InChI is InChI=1S/C17H15ClFNO5/c1-23-14-5-3-10(7-12(14)19)17(22)25-9-16(21)20-13-8-11(18)4-6-15(13)24-2/h3-8H,9H2,1-2H3,(H,20,21). The Morgan fingerprint density at radius 2 is 1.76 bits per heavy atom. The van der Waals surface area contributed by atoms with E-state index in [2.05, 4.69) is 5.32 Å². The summed E-state index contributed by atoms with van der Waals surface area (Å²) in [5.74, 6) is -1.73. The summed E-state index contributed by atoms with van der Waals surface area (Å²) in [5.41, 5.74) is 0.304. The van der Waals surface area contributed by atoms with Gasteiger partial charge in [-0.1, -0.05) is 11.6 Å². The summed E-state index contributed by atoms with van der Waals surface area (Å²) in [4.78, 5) is 23.8. The van der Waals surface area contributed by atoms with Crippen molar-refractivity contribution >= 4 is 29.2 Å². The van der Waals surface area contributed by atoms with Crippen LogP contribution in [-0.4, -0.2) is 32.7 Å². The zero-order valence-corrected chi connectivity index (χ0v) is 14.2. The highest BCUT2D eigenvalue weighted by molar-refractivity contribution is 6.31. The van der Waals surface area contributed by atoms with Crippen LogP contribution in [0.2, 0.25) is 5.02 Å². The van der Waals surface area contributed by atoms with Crippen LogP contribution in [0, 0.1) is 5.82 Å². The van der Waals surface area contributed by atoms with Gasteiger partial charge in [-0.05, 0) is 36.4 Å². The first-order valence-electron chi connectivity index (χ1n) is 7.08. The van der Waals surface area contributed by atoms with E-state index in [9.17, 15) is 14.0 Å². The van der Waals surface area contributed by atoms with Crippen molar-refractivity contribution in [3.8, 4) is 11.5 Å². The third-order valence-corrected chi connectivity index (χ3v) is 3.39. The molecular formula is C17H15ClFNO5. The number of hydrogen-bond donors (Lipinski definition) is 1. The van der Waals surface area contributed by atoms with E-state index in [4.69, 9.17) is 25.8 Å². The fourth-order valence-electron chi connectivity index (χ4n) is 1.97. The van der Waals surface area contributed by atoms with Crippen molar-refractivity contribution in [2.24, 2.45) is 0 Å². The molecule has 8 heteroatoms. The minimum atomic E-state index is -0.838. The van der Waals surface area contributed by atoms with Crippen LogP contribution in [-0.2, 0) is 9.53 Å². The van der Waals surface area contributed by atoms with E-state index in [0.29, 0.717) is 16.5 Å². The van der Waals surface area contributed by atoms with Crippen molar-refractivity contribution in [3.05, 3.63) is 52.8 Å². The third-order valence-electron chi connectivity index (χ3n) is 3.16. The number of nitrogens with one attached hydrogen (secondary N) is 1. The Bertz CT molecular complexity index is 797. The van der Waals surface area contributed by atoms with E-state index in [1.54, 1.807) is 12.1 Å². The van der Waals surface area contributed by atoms with Gasteiger partial charge in [0.05, 0.1) is 25.5 Å². The smallest absolute Gasteiger partial charge is 0.338 e. The van der Waals surface area contributed by atoms with E-state index in [0.717, 1.165) is 6.07 Å². The maximum absolute atomic E-state index is 13.6. The molecule has 0 aliphatic carbocycles. The Labute approximate surface area is 148 Å². The Kier molecular flexibility index (Phi) is 6.19. The lowest BCUT2D eigenvalue weighted by molar-refractivity contribution is -0.119. The first-order valence-corrected chi connectivity index (χ1v) is 7.46. The first kappa shape index (κ1) is 18.5. The first-order chi connectivity index (χ1) is 11.9. The number of esters is 1. The molecule has 0 aliphatic rings. The Morgan fingerprint density at radius 3 is 2.40 bits per heavy atom. The Hall–Kier alpha value is -2.80. The molecular weight excluding hydrogens is 353 g/mol. The molecule has 0 fully saturated rings. The van der Waals surface area contributed by atoms with Crippen LogP contribution in [0.3, 0.4) is 0 Å². The van der Waals surface area contributed by atoms with Gasteiger partial charge in [-0.2, -0.15) is 0 Å². The van der Waals surface area contributed by atoms with Crippen molar-refractivity contribution in [2.45, 2.75) is 0 Å². The number of amides is 1. The van der Waals surface area contributed by atoms with Gasteiger partial charge in [0.1, 0.15) is 5.75 Å². The van der Waals surface area contributed by atoms with Crippen LogP contribution < -0.4 is 14.8 Å². The quantitative estimate of drug-likeness (QED) is 0.793. The predicted octanol–water partition coefficient (Wildman–Crippen LogP) is 3.29. The number of ether oxygens (including phenoxy) is 3. The molecule has 0 saturated heterocycles. The summed E-state index contributed by atoms with van der Waals surface area (Å²) in [6.07, 6.45) is 0. The monoisotopic (exact) mass is 367 g/mol. The number of methoxy groups -OCH3 is 2. The summed E-state index contributed by atoms with van der Waals surface area (Å²) in [6, 6.07) is 8.29. The maximum Gasteiger partial charge on any atom is 0.338 e. The second-order valence-corrected chi connectivity index (χ2v) is 5.25. The molecule has 0 unspecified atom stereocenters. The minimum absolute atomic E-state index is 0.00217. The molecule has 0 spiro atoms. The van der Waals surface area contributed by atoms with Crippen molar-refractivity contribution in [2.75, 3.05) is 26.1 Å². The summed E-state index contributed by atoms with van der Waals surface area (Å²) in [7, 11) is 2.75. The molecule has 0 aliphatic heterocycles. The number of halogens is 2. The lowest BCUT2D eigenvalue weighted by Gasteiger charge is -2.11. The highest BCUT2D eigenvalue weighted by Gasteiger charge is 2.14. The van der Waals surface area contributed by atoms with Crippen LogP contribution in [0.1, 0.15) is 10.4 Å². The largest absolute Gasteiger partial charge is 0.495 e. The molecule has 0 radical (unpaired) electrons. The average Bonchev–Trinajstić information content (AvgIpc) is 2.59. The van der Waals surface area contributed by atoms with Gasteiger partial charge in [-0.3, -0.25) is 4.79 Å². The number of anilines is 1. The second kappa shape index (κ2) is 8.34. The Balaban J connectivity index is 1.97. The summed E-state index contributed by atoms with van der Waals surface area (Å²) in [6.45, 7) is -0.553. The molecule has 0 saturated carbocycles. The molecule has 0 bridgehead atoms. The van der Waals surface area contributed by atoms with Crippen molar-refractivity contribution in [1.82, 2.24) is 0 Å². The van der Waals surface area contributed by atoms with Crippen LogP contribution >= 0.6 is 11.6 Å². The highest BCUT2D eigenvalue weighted by atomic mass is 35.5. The molecule has 2 aromatic carbocycles. The van der Waals surface area contributed by atoms with E-state index < -0.39 is 24.3 Å². The van der Waals surface area contributed by atoms with E-state index in [1.807, 2.05) is 0 Å². The highest BCUT2D eigenvalue weighted by Crippen LogP contribution is 2.27. The van der Waals surface area contributed by atoms with Crippen molar-refractivity contribution < 1.29 is 28.2 Å². The molecule has 132 valence electrons. The number of benzene rings is 2. The third kappa shape index (κ3) is 4.84. The summed E-state index contributed by atoms with van der Waals surface area (Å²) in [5, 5.41) is 2.92. The molecule has 0 heterocycles. The maximum atomic E-state index is 13.6. The normalized spacial score (nSPS) is 10.1. The number of carbonyl (C=O) groups excluding carboxylic acids is 2. The van der Waals surface area contributed by atoms with Gasteiger partial charge in [-0.25, -0.2) is 9.18 Å². The average molecular weight is 368 g/mol. The molecule has 2 rings (SSSR count). The van der Waals surface area contributed by atoms with E-state index >= 15 is 0 Å². The summed E-state index contributed by atoms with van der Waals surface area (Å²) >= 11 is 5.87. The minimum Gasteiger partial charge on any atom is -0.495 e. The summed E-state index contributed by atoms with van der Waals surface area (Å²) < 4.78 is 28.3. The predicted molar refractivity (Wildman–Crippen MR) is 89.9 cm³/mol. The molecule has 6 nitrogen and oxygen atoms in total. The Morgan fingerprint density at radius 1 is 1.08 bits per heavy atom. The van der Waals surface area contributed by atoms with Crippen LogP contribution in [0.25, 0.3) is 0 Å². The van der Waals surface area contributed by atoms with Gasteiger partial charge in [0.2, 0.25) is 0 Å². The lowest BCUT2D eigenvalue weighted by atomic mass is 10.2. The molecule has 0 aromatic heterocycles. The number of rotatable bonds is 6. The van der Waals surface area contributed by atoms with Gasteiger partial charge in [0.25, 0.3) is 5.91 Å². The fraction of sp³-hybridized carbons (Fsp3) is 0.176. The zero-order chi connectivity index (χ0) is 18.4. The van der Waals surface area contributed by atoms with Crippen molar-refractivity contribution in [3.63, 3.8) is 0 Å². The topological polar surface area (TPSA) is 73.9 Å². The second-order valence-electron chi connectivity index (χ2n) is 4.82. The van der Waals surface area contributed by atoms with Gasteiger partial charge < -0.3 is 19.5 Å². The number of hydrogen-bond acceptors (Lipinski definition) is 5. The van der Waals surface area contributed by atoms with E-state index in [-0.39, 0.29) is 11.3 Å². The van der Waals surface area contributed by atoms with Crippen LogP contribution in [0.5, 0.6) is 11.5 Å². The van der Waals surface area contributed by atoms with Gasteiger partial charge in [0, 0.05) is 5.02 Å². The van der Waals surface area contributed by atoms with Crippen LogP contribution in [0.15, 0.2) is 36.4 Å². The molecule has 0 atom stereocenters. The molecule has 1 N–H and O–H groups in total. The molecule has 25 heavy (non-hydrogen) atoms. The SMILES string of the molecule is COc1ccc(C(=O)OCC(=O)Nc2cc(Cl)ccc2OC)cc1F. The van der Waals surface area contributed by atoms with Gasteiger partial charge in [-0.15, -0.1) is 0 Å². The fourth-order valence-corrected chi connectivity index (χ4v) is 2.14. The van der Waals surface area contributed by atoms with E-state index in [1.165, 1.54) is 32.4 Å². The zero-order valence-electron chi connectivity index (χ0n) is 13.5. The molecule has 2 aromatic rings. The number of carbonyl (C=O) groups is 2. The van der Waals surface area contributed by atoms with Crippen molar-refractivity contribution in [1.29, 1.82) is 0 Å². The molecule has 1 amide bonds. The lowest BCUT2D eigenvalue weighted by Crippen LogP contribution is -2.21.